The Morgan fingerprint density at radius 2 is 1.88 bits per heavy atom. The first kappa shape index (κ1) is 23.6. The molecule has 1 amide bonds. The van der Waals surface area contributed by atoms with Crippen molar-refractivity contribution in [1.82, 2.24) is 5.06 Å². The molecule has 9 heteroatoms. The van der Waals surface area contributed by atoms with Crippen molar-refractivity contribution in [2.24, 2.45) is 4.99 Å². The standard InChI is InChI=1S/C25H24BrN3O5/c1-4-31-21-14-17(12-18-24(27)29-22(28-25(18)30)11-16(3)34-29)13-19(26)23(21)33-10-9-32-20-8-6-5-7-15(20)2/h5-8,11-14,27H,4,9-10H2,1-3H3/b18-12+,27-24?. The van der Waals surface area contributed by atoms with Gasteiger partial charge < -0.3 is 19.0 Å². The Balaban J connectivity index is 1.51. The summed E-state index contributed by atoms with van der Waals surface area (Å²) in [6.45, 7) is 6.71. The highest BCUT2D eigenvalue weighted by molar-refractivity contribution is 9.10. The van der Waals surface area contributed by atoms with Crippen LogP contribution in [-0.4, -0.2) is 42.5 Å². The molecule has 0 radical (unpaired) electrons. The maximum absolute atomic E-state index is 12.5. The number of amides is 1. The summed E-state index contributed by atoms with van der Waals surface area (Å²) in [5.74, 6) is 2.14. The number of carbonyl (C=O) groups excluding carboxylic acids is 1. The second kappa shape index (κ2) is 10.1. The summed E-state index contributed by atoms with van der Waals surface area (Å²) < 4.78 is 18.2. The number of aliphatic imine (C=N–C) groups is 1. The number of hydrogen-bond acceptors (Lipinski definition) is 6. The Morgan fingerprint density at radius 1 is 1.12 bits per heavy atom. The summed E-state index contributed by atoms with van der Waals surface area (Å²) >= 11 is 3.54. The number of hydroxylamine groups is 2. The van der Waals surface area contributed by atoms with E-state index in [9.17, 15) is 4.79 Å². The molecule has 2 aliphatic heterocycles. The highest BCUT2D eigenvalue weighted by atomic mass is 79.9. The highest BCUT2D eigenvalue weighted by Crippen LogP contribution is 2.38. The minimum Gasteiger partial charge on any atom is -0.490 e. The maximum Gasteiger partial charge on any atom is 0.282 e. The van der Waals surface area contributed by atoms with E-state index in [1.807, 2.05) is 38.1 Å². The Bertz CT molecular complexity index is 1240. The average Bonchev–Trinajstić information content (AvgIpc) is 3.17. The molecule has 0 spiro atoms. The molecule has 1 N–H and O–H groups in total. The predicted octanol–water partition coefficient (Wildman–Crippen LogP) is 5.06. The number of halogens is 1. The molecule has 34 heavy (non-hydrogen) atoms. The van der Waals surface area contributed by atoms with Gasteiger partial charge in [-0.05, 0) is 72.1 Å². The number of rotatable bonds is 8. The Kier molecular flexibility index (Phi) is 7.02. The van der Waals surface area contributed by atoms with Crippen LogP contribution in [0.25, 0.3) is 6.08 Å². The van der Waals surface area contributed by atoms with Crippen LogP contribution < -0.4 is 14.2 Å². The molecule has 0 saturated heterocycles. The molecule has 4 rings (SSSR count). The van der Waals surface area contributed by atoms with E-state index in [1.54, 1.807) is 31.2 Å². The van der Waals surface area contributed by atoms with Crippen LogP contribution in [0.15, 0.2) is 63.3 Å². The summed E-state index contributed by atoms with van der Waals surface area (Å²) in [6.07, 6.45) is 3.20. The zero-order valence-electron chi connectivity index (χ0n) is 19.1. The molecule has 0 unspecified atom stereocenters. The lowest BCUT2D eigenvalue weighted by atomic mass is 10.1. The SMILES string of the molecule is CCOc1cc(/C=C2\C(=N)N3OC(C)=CC3=NC2=O)cc(Br)c1OCCOc1ccccc1C. The Labute approximate surface area is 206 Å². The first-order chi connectivity index (χ1) is 16.4. The quantitative estimate of drug-likeness (QED) is 0.382. The molecule has 8 nitrogen and oxygen atoms in total. The van der Waals surface area contributed by atoms with E-state index in [2.05, 4.69) is 20.9 Å². The molecule has 2 aliphatic rings. The highest BCUT2D eigenvalue weighted by Gasteiger charge is 2.34. The number of amidine groups is 2. The van der Waals surface area contributed by atoms with Gasteiger partial charge in [-0.15, -0.1) is 5.06 Å². The van der Waals surface area contributed by atoms with E-state index in [0.29, 0.717) is 53.0 Å². The number of nitrogens with zero attached hydrogens (tertiary/aromatic N) is 2. The fraction of sp³-hybridized carbons (Fsp3) is 0.240. The minimum atomic E-state index is -0.506. The first-order valence-electron chi connectivity index (χ1n) is 10.7. The van der Waals surface area contributed by atoms with Gasteiger partial charge in [-0.25, -0.2) is 0 Å². The first-order valence-corrected chi connectivity index (χ1v) is 11.5. The summed E-state index contributed by atoms with van der Waals surface area (Å²) in [5, 5.41) is 9.62. The zero-order chi connectivity index (χ0) is 24.2. The van der Waals surface area contributed by atoms with Crippen LogP contribution in [-0.2, 0) is 9.63 Å². The average molecular weight is 526 g/mol. The number of benzene rings is 2. The van der Waals surface area contributed by atoms with Crippen LogP contribution in [0.1, 0.15) is 25.0 Å². The normalized spacial score (nSPS) is 16.1. The van der Waals surface area contributed by atoms with Crippen molar-refractivity contribution in [2.45, 2.75) is 20.8 Å². The summed E-state index contributed by atoms with van der Waals surface area (Å²) in [4.78, 5) is 22.0. The molecule has 0 aromatic heterocycles. The largest absolute Gasteiger partial charge is 0.490 e. The molecule has 2 aromatic carbocycles. The molecule has 2 aromatic rings. The van der Waals surface area contributed by atoms with E-state index in [4.69, 9.17) is 24.5 Å². The van der Waals surface area contributed by atoms with Gasteiger partial charge in [-0.1, -0.05) is 18.2 Å². The maximum atomic E-state index is 12.5. The second-order valence-electron chi connectivity index (χ2n) is 7.55. The lowest BCUT2D eigenvalue weighted by molar-refractivity contribution is -0.114. The van der Waals surface area contributed by atoms with Gasteiger partial charge in [-0.2, -0.15) is 4.99 Å². The van der Waals surface area contributed by atoms with Gasteiger partial charge in [0, 0.05) is 6.08 Å². The van der Waals surface area contributed by atoms with Crippen LogP contribution in [0, 0.1) is 12.3 Å². The fourth-order valence-electron chi connectivity index (χ4n) is 3.46. The van der Waals surface area contributed by atoms with E-state index in [-0.39, 0.29) is 11.4 Å². The zero-order valence-corrected chi connectivity index (χ0v) is 20.6. The Hall–Kier alpha value is -3.59. The number of hydrogen-bond donors (Lipinski definition) is 1. The predicted molar refractivity (Wildman–Crippen MR) is 132 cm³/mol. The number of para-hydroxylation sites is 1. The monoisotopic (exact) mass is 525 g/mol. The number of aryl methyl sites for hydroxylation is 1. The molecule has 2 heterocycles. The van der Waals surface area contributed by atoms with E-state index in [1.165, 1.54) is 5.06 Å². The molecule has 0 saturated carbocycles. The lowest BCUT2D eigenvalue weighted by Crippen LogP contribution is -2.38. The molecule has 0 aliphatic carbocycles. The van der Waals surface area contributed by atoms with Crippen molar-refractivity contribution in [2.75, 3.05) is 19.8 Å². The Morgan fingerprint density at radius 3 is 2.65 bits per heavy atom. The van der Waals surface area contributed by atoms with Gasteiger partial charge in [-0.3, -0.25) is 10.2 Å². The molecule has 176 valence electrons. The second-order valence-corrected chi connectivity index (χ2v) is 8.40. The molecular weight excluding hydrogens is 502 g/mol. The topological polar surface area (TPSA) is 93.4 Å². The molecule has 0 atom stereocenters. The summed E-state index contributed by atoms with van der Waals surface area (Å²) in [7, 11) is 0. The third-order valence-electron chi connectivity index (χ3n) is 5.00. The van der Waals surface area contributed by atoms with Crippen molar-refractivity contribution in [3.8, 4) is 17.2 Å². The number of fused-ring (bicyclic) bond motifs is 1. The van der Waals surface area contributed by atoms with Crippen molar-refractivity contribution in [3.63, 3.8) is 0 Å². The lowest BCUT2D eigenvalue weighted by Gasteiger charge is -2.23. The van der Waals surface area contributed by atoms with Crippen LogP contribution >= 0.6 is 15.9 Å². The number of carbonyl (C=O) groups is 1. The van der Waals surface area contributed by atoms with Crippen molar-refractivity contribution in [1.29, 1.82) is 5.41 Å². The summed E-state index contributed by atoms with van der Waals surface area (Å²) in [6, 6.07) is 11.3. The molecular formula is C25H24BrN3O5. The summed E-state index contributed by atoms with van der Waals surface area (Å²) in [5.41, 5.74) is 1.82. The number of allylic oxidation sites excluding steroid dienone is 1. The van der Waals surface area contributed by atoms with Crippen molar-refractivity contribution < 1.29 is 23.8 Å². The van der Waals surface area contributed by atoms with Gasteiger partial charge >= 0.3 is 0 Å². The number of nitrogens with one attached hydrogen (secondary N) is 1. The fourth-order valence-corrected chi connectivity index (χ4v) is 4.03. The van der Waals surface area contributed by atoms with E-state index in [0.717, 1.165) is 11.3 Å². The van der Waals surface area contributed by atoms with Crippen LogP contribution in [0.5, 0.6) is 17.2 Å². The van der Waals surface area contributed by atoms with Gasteiger partial charge in [0.1, 0.15) is 24.7 Å². The van der Waals surface area contributed by atoms with Gasteiger partial charge in [0.05, 0.1) is 16.7 Å². The molecule has 0 fully saturated rings. The number of ether oxygens (including phenoxy) is 3. The van der Waals surface area contributed by atoms with E-state index >= 15 is 0 Å². The third-order valence-corrected chi connectivity index (χ3v) is 5.59. The molecule has 0 bridgehead atoms. The van der Waals surface area contributed by atoms with Crippen LogP contribution in [0.2, 0.25) is 0 Å². The third kappa shape index (κ3) is 4.99. The van der Waals surface area contributed by atoms with Crippen LogP contribution in [0.3, 0.4) is 0 Å². The van der Waals surface area contributed by atoms with Gasteiger partial charge in [0.25, 0.3) is 5.91 Å². The van der Waals surface area contributed by atoms with Crippen molar-refractivity contribution in [3.05, 3.63) is 69.4 Å². The van der Waals surface area contributed by atoms with Crippen molar-refractivity contribution >= 4 is 39.6 Å². The van der Waals surface area contributed by atoms with E-state index < -0.39 is 5.91 Å². The van der Waals surface area contributed by atoms with Gasteiger partial charge in [0.2, 0.25) is 0 Å². The van der Waals surface area contributed by atoms with Gasteiger partial charge in [0.15, 0.2) is 23.2 Å². The minimum absolute atomic E-state index is 0.0779. The van der Waals surface area contributed by atoms with Crippen LogP contribution in [0.4, 0.5) is 0 Å². The smallest absolute Gasteiger partial charge is 0.282 e.